The van der Waals surface area contributed by atoms with Crippen LogP contribution in [-0.4, -0.2) is 52.2 Å². The fraction of sp³-hybridized carbons (Fsp3) is 1.00. The molecule has 2 rings (SSSR count). The lowest BCUT2D eigenvalue weighted by Gasteiger charge is -2.19. The van der Waals surface area contributed by atoms with Crippen LogP contribution in [0.25, 0.3) is 0 Å². The SMILES string of the molecule is CC[S@@+]([O-])[C@H]1CO[C@H]2[C@@H]1OC[C@H]2O[N+](=O)[O-]. The van der Waals surface area contributed by atoms with Crippen molar-refractivity contribution in [3.8, 4) is 0 Å². The number of hydrogen-bond acceptors (Lipinski definition) is 6. The molecule has 7 nitrogen and oxygen atoms in total. The predicted molar refractivity (Wildman–Crippen MR) is 53.8 cm³/mol. The summed E-state index contributed by atoms with van der Waals surface area (Å²) >= 11 is -1.02. The summed E-state index contributed by atoms with van der Waals surface area (Å²) in [6.07, 6.45) is -1.50. The van der Waals surface area contributed by atoms with Gasteiger partial charge in [-0.15, -0.1) is 10.1 Å². The molecule has 0 saturated carbocycles. The Labute approximate surface area is 95.3 Å². The Bertz CT molecular complexity index is 277. The van der Waals surface area contributed by atoms with Gasteiger partial charge in [-0.3, -0.25) is 0 Å². The quantitative estimate of drug-likeness (QED) is 0.380. The first-order chi connectivity index (χ1) is 7.63. The van der Waals surface area contributed by atoms with Crippen molar-refractivity contribution in [2.75, 3.05) is 19.0 Å². The molecule has 0 spiro atoms. The number of nitrogens with zero attached hydrogens (tertiary/aromatic N) is 1. The van der Waals surface area contributed by atoms with Crippen molar-refractivity contribution < 1.29 is 24.0 Å². The standard InChI is InChI=1S/C8H13NO6S/c1-2-16(12)6-4-14-7-5(15-9(10)11)3-13-8(6)7/h5-8H,2-4H2,1H3/t5-,6+,7-,8-,16-/m1/s1. The molecule has 8 heteroatoms. The van der Waals surface area contributed by atoms with Crippen molar-refractivity contribution in [2.45, 2.75) is 30.5 Å². The van der Waals surface area contributed by atoms with E-state index in [2.05, 4.69) is 4.84 Å². The first-order valence-electron chi connectivity index (χ1n) is 5.05. The highest BCUT2D eigenvalue weighted by Crippen LogP contribution is 2.32. The Morgan fingerprint density at radius 1 is 1.44 bits per heavy atom. The van der Waals surface area contributed by atoms with Gasteiger partial charge in [-0.2, -0.15) is 0 Å². The summed E-state index contributed by atoms with van der Waals surface area (Å²) < 4.78 is 22.4. The molecule has 5 atom stereocenters. The minimum absolute atomic E-state index is 0.119. The maximum atomic E-state index is 11.7. The van der Waals surface area contributed by atoms with Gasteiger partial charge < -0.3 is 18.9 Å². The lowest BCUT2D eigenvalue weighted by Crippen LogP contribution is -2.38. The molecular weight excluding hydrogens is 238 g/mol. The van der Waals surface area contributed by atoms with E-state index in [1.54, 1.807) is 0 Å². The van der Waals surface area contributed by atoms with Gasteiger partial charge >= 0.3 is 0 Å². The molecule has 0 bridgehead atoms. The molecule has 2 fully saturated rings. The molecule has 0 radical (unpaired) electrons. The van der Waals surface area contributed by atoms with Crippen LogP contribution >= 0.6 is 0 Å². The first-order valence-corrected chi connectivity index (χ1v) is 6.43. The summed E-state index contributed by atoms with van der Waals surface area (Å²) in [6.45, 7) is 2.25. The molecular formula is C8H13NO6S. The van der Waals surface area contributed by atoms with Crippen LogP contribution in [0.2, 0.25) is 0 Å². The maximum Gasteiger partial charge on any atom is 0.294 e. The third-order valence-electron chi connectivity index (χ3n) is 2.81. The van der Waals surface area contributed by atoms with Crippen LogP contribution in [-0.2, 0) is 25.5 Å². The number of ether oxygens (including phenoxy) is 2. The molecule has 0 aromatic heterocycles. The van der Waals surface area contributed by atoms with E-state index < -0.39 is 28.5 Å². The molecule has 2 aliphatic heterocycles. The van der Waals surface area contributed by atoms with E-state index in [1.807, 2.05) is 6.92 Å². The van der Waals surface area contributed by atoms with E-state index in [0.717, 1.165) is 0 Å². The fourth-order valence-electron chi connectivity index (χ4n) is 2.07. The zero-order chi connectivity index (χ0) is 11.7. The predicted octanol–water partition coefficient (Wildman–Crippen LogP) is -0.502. The Balaban J connectivity index is 1.98. The molecule has 0 N–H and O–H groups in total. The molecule has 0 unspecified atom stereocenters. The molecule has 16 heavy (non-hydrogen) atoms. The van der Waals surface area contributed by atoms with E-state index in [9.17, 15) is 14.7 Å². The molecule has 0 aliphatic carbocycles. The van der Waals surface area contributed by atoms with Crippen molar-refractivity contribution in [2.24, 2.45) is 0 Å². The molecule has 2 heterocycles. The van der Waals surface area contributed by atoms with Gasteiger partial charge in [0, 0.05) is 0 Å². The average molecular weight is 251 g/mol. The largest absolute Gasteiger partial charge is 0.616 e. The summed E-state index contributed by atoms with van der Waals surface area (Å²) in [5, 5.41) is 9.19. The Morgan fingerprint density at radius 3 is 2.75 bits per heavy atom. The Kier molecular flexibility index (Phi) is 3.53. The highest BCUT2D eigenvalue weighted by molar-refractivity contribution is 7.92. The summed E-state index contributed by atoms with van der Waals surface area (Å²) in [7, 11) is 0. The number of hydrogen-bond donors (Lipinski definition) is 0. The second-order valence-corrected chi connectivity index (χ2v) is 5.62. The minimum Gasteiger partial charge on any atom is -0.616 e. The van der Waals surface area contributed by atoms with Gasteiger partial charge in [0.2, 0.25) is 0 Å². The van der Waals surface area contributed by atoms with Crippen LogP contribution in [0.15, 0.2) is 0 Å². The van der Waals surface area contributed by atoms with Crippen molar-refractivity contribution in [3.05, 3.63) is 10.1 Å². The highest BCUT2D eigenvalue weighted by atomic mass is 32.2. The van der Waals surface area contributed by atoms with Crippen LogP contribution in [0.3, 0.4) is 0 Å². The second-order valence-electron chi connectivity index (χ2n) is 3.67. The molecule has 0 aromatic carbocycles. The van der Waals surface area contributed by atoms with Gasteiger partial charge in [0.25, 0.3) is 5.09 Å². The molecule has 92 valence electrons. The van der Waals surface area contributed by atoms with Crippen molar-refractivity contribution in [1.29, 1.82) is 0 Å². The van der Waals surface area contributed by atoms with Crippen molar-refractivity contribution in [1.82, 2.24) is 0 Å². The van der Waals surface area contributed by atoms with Crippen LogP contribution in [0.4, 0.5) is 0 Å². The molecule has 0 aromatic rings. The Morgan fingerprint density at radius 2 is 2.12 bits per heavy atom. The summed E-state index contributed by atoms with van der Waals surface area (Å²) in [6, 6.07) is 0. The maximum absolute atomic E-state index is 11.7. The average Bonchev–Trinajstić information content (AvgIpc) is 2.79. The highest BCUT2D eigenvalue weighted by Gasteiger charge is 2.53. The topological polar surface area (TPSA) is 93.9 Å². The van der Waals surface area contributed by atoms with Crippen LogP contribution < -0.4 is 0 Å². The minimum atomic E-state index is -1.02. The normalized spacial score (nSPS) is 39.4. The third-order valence-corrected chi connectivity index (χ3v) is 4.45. The first kappa shape index (κ1) is 11.9. The van der Waals surface area contributed by atoms with Crippen LogP contribution in [0, 0.1) is 10.1 Å². The van der Waals surface area contributed by atoms with Crippen molar-refractivity contribution in [3.63, 3.8) is 0 Å². The lowest BCUT2D eigenvalue weighted by atomic mass is 10.1. The zero-order valence-electron chi connectivity index (χ0n) is 8.74. The summed E-state index contributed by atoms with van der Waals surface area (Å²) in [5.41, 5.74) is 0. The smallest absolute Gasteiger partial charge is 0.294 e. The van der Waals surface area contributed by atoms with Gasteiger partial charge in [0.05, 0.1) is 13.2 Å². The van der Waals surface area contributed by atoms with Gasteiger partial charge in [-0.05, 0) is 18.1 Å². The zero-order valence-corrected chi connectivity index (χ0v) is 9.55. The van der Waals surface area contributed by atoms with E-state index in [1.165, 1.54) is 0 Å². The number of fused-ring (bicyclic) bond motifs is 1. The second kappa shape index (κ2) is 4.74. The van der Waals surface area contributed by atoms with Gasteiger partial charge in [0.15, 0.2) is 11.4 Å². The molecule has 2 saturated heterocycles. The van der Waals surface area contributed by atoms with Crippen LogP contribution in [0.1, 0.15) is 6.92 Å². The van der Waals surface area contributed by atoms with E-state index >= 15 is 0 Å². The van der Waals surface area contributed by atoms with Gasteiger partial charge in [-0.25, -0.2) is 0 Å². The summed E-state index contributed by atoms with van der Waals surface area (Å²) in [4.78, 5) is 14.7. The Hall–Kier alpha value is -0.570. The molecule has 0 amide bonds. The number of rotatable bonds is 4. The molecule has 2 aliphatic rings. The van der Waals surface area contributed by atoms with E-state index in [-0.39, 0.29) is 18.0 Å². The van der Waals surface area contributed by atoms with Crippen LogP contribution in [0.5, 0.6) is 0 Å². The third kappa shape index (κ3) is 2.10. The van der Waals surface area contributed by atoms with E-state index in [4.69, 9.17) is 9.47 Å². The van der Waals surface area contributed by atoms with Gasteiger partial charge in [0.1, 0.15) is 18.0 Å². The fourth-order valence-corrected chi connectivity index (χ4v) is 3.26. The lowest BCUT2D eigenvalue weighted by molar-refractivity contribution is -0.769. The van der Waals surface area contributed by atoms with Gasteiger partial charge in [-0.1, -0.05) is 0 Å². The van der Waals surface area contributed by atoms with E-state index in [0.29, 0.717) is 12.4 Å². The monoisotopic (exact) mass is 251 g/mol. The summed E-state index contributed by atoms with van der Waals surface area (Å²) in [5.74, 6) is 0.529. The van der Waals surface area contributed by atoms with Crippen molar-refractivity contribution >= 4 is 11.2 Å².